The third kappa shape index (κ3) is 2.15. The van der Waals surface area contributed by atoms with Crippen molar-refractivity contribution < 1.29 is 5.21 Å². The number of anilines is 1. The van der Waals surface area contributed by atoms with E-state index in [-0.39, 0.29) is 0 Å². The van der Waals surface area contributed by atoms with E-state index in [0.29, 0.717) is 0 Å². The Kier molecular flexibility index (Phi) is 3.27. The van der Waals surface area contributed by atoms with Crippen LogP contribution in [0.3, 0.4) is 0 Å². The van der Waals surface area contributed by atoms with Crippen LogP contribution in [-0.4, -0.2) is 11.8 Å². The molecule has 0 fully saturated rings. The van der Waals surface area contributed by atoms with E-state index in [4.69, 9.17) is 0 Å². The van der Waals surface area contributed by atoms with Gasteiger partial charge in [0.25, 0.3) is 0 Å². The summed E-state index contributed by atoms with van der Waals surface area (Å²) in [6.45, 7) is 2.80. The number of aryl methyl sites for hydroxylation is 1. The van der Waals surface area contributed by atoms with Crippen molar-refractivity contribution >= 4 is 5.69 Å². The lowest BCUT2D eigenvalue weighted by Gasteiger charge is -2.24. The average molecular weight is 205 g/mol. The minimum absolute atomic E-state index is 0.719. The largest absolute Gasteiger partial charge is 0.288 e. The minimum Gasteiger partial charge on any atom is -0.288 e. The summed E-state index contributed by atoms with van der Waals surface area (Å²) in [5.41, 5.74) is 3.81. The molecule has 1 aromatic rings. The maximum atomic E-state index is 9.91. The number of hydrogen-bond acceptors (Lipinski definition) is 2. The number of fused-ring (bicyclic) bond motifs is 1. The van der Waals surface area contributed by atoms with Crippen molar-refractivity contribution in [1.29, 1.82) is 0 Å². The van der Waals surface area contributed by atoms with E-state index in [0.717, 1.165) is 25.1 Å². The van der Waals surface area contributed by atoms with Crippen molar-refractivity contribution in [2.75, 3.05) is 11.6 Å². The van der Waals surface area contributed by atoms with Crippen LogP contribution in [0.25, 0.3) is 0 Å². The van der Waals surface area contributed by atoms with E-state index >= 15 is 0 Å². The predicted octanol–water partition coefficient (Wildman–Crippen LogP) is 3.17. The molecule has 1 aliphatic rings. The molecular formula is C13H19NO. The topological polar surface area (TPSA) is 23.5 Å². The number of benzene rings is 1. The molecule has 0 aliphatic heterocycles. The number of rotatable bonds is 3. The van der Waals surface area contributed by atoms with Crippen molar-refractivity contribution in [2.24, 2.45) is 0 Å². The van der Waals surface area contributed by atoms with E-state index in [9.17, 15) is 5.21 Å². The highest BCUT2D eigenvalue weighted by Crippen LogP contribution is 2.29. The highest BCUT2D eigenvalue weighted by Gasteiger charge is 2.15. The molecule has 2 nitrogen and oxygen atoms in total. The normalized spacial score (nSPS) is 14.8. The molecule has 15 heavy (non-hydrogen) atoms. The maximum absolute atomic E-state index is 9.91. The maximum Gasteiger partial charge on any atom is 0.0668 e. The van der Waals surface area contributed by atoms with Gasteiger partial charge in [-0.25, -0.2) is 0 Å². The second kappa shape index (κ2) is 4.67. The van der Waals surface area contributed by atoms with Crippen LogP contribution < -0.4 is 5.06 Å². The fourth-order valence-corrected chi connectivity index (χ4v) is 2.34. The van der Waals surface area contributed by atoms with Gasteiger partial charge in [-0.05, 0) is 49.3 Å². The van der Waals surface area contributed by atoms with Crippen molar-refractivity contribution in [1.82, 2.24) is 0 Å². The monoisotopic (exact) mass is 205 g/mol. The number of nitrogens with zero attached hydrogens (tertiary/aromatic N) is 1. The molecule has 82 valence electrons. The van der Waals surface area contributed by atoms with Crippen molar-refractivity contribution in [2.45, 2.75) is 39.0 Å². The van der Waals surface area contributed by atoms with Crippen molar-refractivity contribution in [3.05, 3.63) is 29.3 Å². The molecule has 1 N–H and O–H groups in total. The van der Waals surface area contributed by atoms with Gasteiger partial charge in [0.15, 0.2) is 0 Å². The van der Waals surface area contributed by atoms with Crippen LogP contribution in [0.5, 0.6) is 0 Å². The molecule has 0 bridgehead atoms. The van der Waals surface area contributed by atoms with Gasteiger partial charge in [-0.3, -0.25) is 10.3 Å². The molecule has 0 spiro atoms. The Morgan fingerprint density at radius 1 is 1.27 bits per heavy atom. The smallest absolute Gasteiger partial charge is 0.0668 e. The van der Waals surface area contributed by atoms with Crippen LogP contribution >= 0.6 is 0 Å². The Morgan fingerprint density at radius 3 is 2.87 bits per heavy atom. The summed E-state index contributed by atoms with van der Waals surface area (Å²) in [7, 11) is 0. The zero-order valence-electron chi connectivity index (χ0n) is 9.37. The van der Waals surface area contributed by atoms with Crippen LogP contribution in [0.4, 0.5) is 5.69 Å². The molecule has 2 heteroatoms. The predicted molar refractivity (Wildman–Crippen MR) is 62.5 cm³/mol. The highest BCUT2D eigenvalue weighted by molar-refractivity contribution is 5.55. The van der Waals surface area contributed by atoms with Crippen LogP contribution in [0.1, 0.15) is 37.3 Å². The first-order chi connectivity index (χ1) is 7.33. The second-order valence-electron chi connectivity index (χ2n) is 4.25. The zero-order chi connectivity index (χ0) is 10.7. The molecule has 0 aromatic heterocycles. The van der Waals surface area contributed by atoms with Gasteiger partial charge in [0.05, 0.1) is 5.69 Å². The molecule has 0 radical (unpaired) electrons. The Hall–Kier alpha value is -1.02. The van der Waals surface area contributed by atoms with Gasteiger partial charge < -0.3 is 0 Å². The van der Waals surface area contributed by atoms with E-state index in [1.807, 2.05) is 6.07 Å². The Labute approximate surface area is 91.5 Å². The van der Waals surface area contributed by atoms with Gasteiger partial charge in [0.2, 0.25) is 0 Å². The molecule has 0 saturated heterocycles. The first-order valence-corrected chi connectivity index (χ1v) is 5.90. The molecule has 0 saturated carbocycles. The van der Waals surface area contributed by atoms with E-state index in [1.54, 1.807) is 0 Å². The summed E-state index contributed by atoms with van der Waals surface area (Å²) in [4.78, 5) is 0. The van der Waals surface area contributed by atoms with E-state index < -0.39 is 0 Å². The van der Waals surface area contributed by atoms with Crippen LogP contribution in [-0.2, 0) is 12.8 Å². The summed E-state index contributed by atoms with van der Waals surface area (Å²) in [5, 5.41) is 11.3. The summed E-state index contributed by atoms with van der Waals surface area (Å²) < 4.78 is 0. The van der Waals surface area contributed by atoms with Crippen LogP contribution in [0.2, 0.25) is 0 Å². The Balaban J connectivity index is 2.30. The molecule has 0 unspecified atom stereocenters. The first kappa shape index (κ1) is 10.5. The molecule has 2 rings (SSSR count). The average Bonchev–Trinajstić information content (AvgIpc) is 2.28. The molecule has 0 atom stereocenters. The van der Waals surface area contributed by atoms with E-state index in [2.05, 4.69) is 19.1 Å². The minimum atomic E-state index is 0.719. The zero-order valence-corrected chi connectivity index (χ0v) is 9.37. The number of hydroxylamine groups is 1. The molecule has 0 amide bonds. The molecule has 1 aromatic carbocycles. The second-order valence-corrected chi connectivity index (χ2v) is 4.25. The van der Waals surface area contributed by atoms with Crippen LogP contribution in [0.15, 0.2) is 18.2 Å². The summed E-state index contributed by atoms with van der Waals surface area (Å²) in [6.07, 6.45) is 5.80. The molecular weight excluding hydrogens is 186 g/mol. The lowest BCUT2D eigenvalue weighted by molar-refractivity contribution is 0.253. The van der Waals surface area contributed by atoms with Gasteiger partial charge in [-0.15, -0.1) is 0 Å². The Morgan fingerprint density at radius 2 is 2.07 bits per heavy atom. The first-order valence-electron chi connectivity index (χ1n) is 5.90. The third-order valence-corrected chi connectivity index (χ3v) is 3.08. The molecule has 1 aliphatic carbocycles. The van der Waals surface area contributed by atoms with Crippen molar-refractivity contribution in [3.63, 3.8) is 0 Å². The molecule has 0 heterocycles. The quantitative estimate of drug-likeness (QED) is 0.766. The van der Waals surface area contributed by atoms with Gasteiger partial charge in [-0.2, -0.15) is 0 Å². The lowest BCUT2D eigenvalue weighted by atomic mass is 9.90. The number of hydrogen-bond donors (Lipinski definition) is 1. The fourth-order valence-electron chi connectivity index (χ4n) is 2.34. The van der Waals surface area contributed by atoms with Gasteiger partial charge >= 0.3 is 0 Å². The standard InChI is InChI=1S/C13H19NO/c1-2-10-14(15)13-9-5-7-11-6-3-4-8-12(11)13/h5,7,9,15H,2-4,6,8,10H2,1H3. The third-order valence-electron chi connectivity index (χ3n) is 3.08. The lowest BCUT2D eigenvalue weighted by Crippen LogP contribution is -2.21. The highest BCUT2D eigenvalue weighted by atomic mass is 16.5. The SMILES string of the molecule is CCCN(O)c1cccc2c1CCCC2. The van der Waals surface area contributed by atoms with Crippen LogP contribution in [0, 0.1) is 0 Å². The summed E-state index contributed by atoms with van der Waals surface area (Å²) in [6, 6.07) is 6.27. The Bertz CT molecular complexity index is 335. The van der Waals surface area contributed by atoms with Gasteiger partial charge in [-0.1, -0.05) is 19.1 Å². The summed E-state index contributed by atoms with van der Waals surface area (Å²) >= 11 is 0. The fraction of sp³-hybridized carbons (Fsp3) is 0.538. The van der Waals surface area contributed by atoms with E-state index in [1.165, 1.54) is 35.5 Å². The van der Waals surface area contributed by atoms with Crippen molar-refractivity contribution in [3.8, 4) is 0 Å². The summed E-state index contributed by atoms with van der Waals surface area (Å²) in [5.74, 6) is 0. The van der Waals surface area contributed by atoms with Gasteiger partial charge in [0, 0.05) is 6.54 Å². The van der Waals surface area contributed by atoms with Gasteiger partial charge in [0.1, 0.15) is 0 Å².